The topological polar surface area (TPSA) is 51.0 Å². The van der Waals surface area contributed by atoms with Crippen LogP contribution in [0.1, 0.15) is 19.7 Å². The van der Waals surface area contributed by atoms with Crippen LogP contribution >= 0.6 is 0 Å². The zero-order valence-electron chi connectivity index (χ0n) is 12.3. The van der Waals surface area contributed by atoms with Crippen LogP contribution in [-0.4, -0.2) is 16.7 Å². The highest BCUT2D eigenvalue weighted by Crippen LogP contribution is 2.22. The summed E-state index contributed by atoms with van der Waals surface area (Å²) in [7, 11) is 0. The molecule has 0 atom stereocenters. The number of nitrogens with one attached hydrogen (secondary N) is 1. The summed E-state index contributed by atoms with van der Waals surface area (Å²) in [6, 6.07) is 14.4. The minimum Gasteiger partial charge on any atom is -0.338 e. The van der Waals surface area contributed by atoms with E-state index in [0.717, 1.165) is 12.1 Å². The van der Waals surface area contributed by atoms with Crippen LogP contribution in [0.3, 0.4) is 0 Å². The highest BCUT2D eigenvalue weighted by molar-refractivity contribution is 5.86. The van der Waals surface area contributed by atoms with Crippen LogP contribution in [0, 0.1) is 5.92 Å². The normalized spacial score (nSPS) is 11.4. The lowest BCUT2D eigenvalue weighted by molar-refractivity contribution is 0.364. The maximum atomic E-state index is 5.29. The summed E-state index contributed by atoms with van der Waals surface area (Å²) in [6.07, 6.45) is 0. The Morgan fingerprint density at radius 3 is 2.71 bits per heavy atom. The second-order valence-corrected chi connectivity index (χ2v) is 5.60. The molecule has 0 saturated carbocycles. The predicted octanol–water partition coefficient (Wildman–Crippen LogP) is 3.64. The molecule has 0 unspecified atom stereocenters. The molecule has 1 aromatic heterocycles. The second kappa shape index (κ2) is 6.06. The van der Waals surface area contributed by atoms with Gasteiger partial charge in [0.25, 0.3) is 0 Å². The summed E-state index contributed by atoms with van der Waals surface area (Å²) >= 11 is 0. The predicted molar refractivity (Wildman–Crippen MR) is 83.8 cm³/mol. The van der Waals surface area contributed by atoms with E-state index >= 15 is 0 Å². The van der Waals surface area contributed by atoms with Gasteiger partial charge in [-0.25, -0.2) is 0 Å². The van der Waals surface area contributed by atoms with Gasteiger partial charge in [0.1, 0.15) is 0 Å². The first-order valence-electron chi connectivity index (χ1n) is 7.25. The Labute approximate surface area is 124 Å². The third-order valence-electron chi connectivity index (χ3n) is 3.30. The van der Waals surface area contributed by atoms with Crippen LogP contribution in [0.4, 0.5) is 0 Å². The van der Waals surface area contributed by atoms with Crippen molar-refractivity contribution in [2.45, 2.75) is 20.4 Å². The molecule has 3 rings (SSSR count). The van der Waals surface area contributed by atoms with Gasteiger partial charge in [0.15, 0.2) is 0 Å². The molecule has 0 aliphatic rings. The largest absolute Gasteiger partial charge is 0.338 e. The number of aromatic nitrogens is 2. The molecule has 108 valence electrons. The first-order chi connectivity index (χ1) is 10.2. The summed E-state index contributed by atoms with van der Waals surface area (Å²) in [4.78, 5) is 4.44. The fourth-order valence-corrected chi connectivity index (χ4v) is 2.24. The Balaban J connectivity index is 1.77. The first kappa shape index (κ1) is 13.8. The number of nitrogens with zero attached hydrogens (tertiary/aromatic N) is 2. The van der Waals surface area contributed by atoms with E-state index in [4.69, 9.17) is 4.52 Å². The summed E-state index contributed by atoms with van der Waals surface area (Å²) in [5, 5.41) is 9.76. The second-order valence-electron chi connectivity index (χ2n) is 5.60. The molecule has 1 heterocycles. The molecule has 21 heavy (non-hydrogen) atoms. The number of fused-ring (bicyclic) bond motifs is 1. The van der Waals surface area contributed by atoms with Gasteiger partial charge < -0.3 is 9.84 Å². The van der Waals surface area contributed by atoms with Crippen molar-refractivity contribution < 1.29 is 4.52 Å². The van der Waals surface area contributed by atoms with Crippen molar-refractivity contribution in [3.05, 3.63) is 48.4 Å². The van der Waals surface area contributed by atoms with Gasteiger partial charge in [0, 0.05) is 5.56 Å². The van der Waals surface area contributed by atoms with Gasteiger partial charge in [-0.05, 0) is 29.3 Å². The lowest BCUT2D eigenvalue weighted by Gasteiger charge is -2.03. The molecule has 2 aromatic carbocycles. The molecule has 0 aliphatic heterocycles. The van der Waals surface area contributed by atoms with Crippen molar-refractivity contribution in [2.75, 3.05) is 6.54 Å². The molecule has 0 radical (unpaired) electrons. The molecule has 1 N–H and O–H groups in total. The van der Waals surface area contributed by atoms with Crippen LogP contribution in [0.2, 0.25) is 0 Å². The third kappa shape index (κ3) is 3.28. The lowest BCUT2D eigenvalue weighted by atomic mass is 10.1. The fraction of sp³-hybridized carbons (Fsp3) is 0.294. The van der Waals surface area contributed by atoms with E-state index in [2.05, 4.69) is 53.6 Å². The van der Waals surface area contributed by atoms with Crippen molar-refractivity contribution in [3.63, 3.8) is 0 Å². The quantitative estimate of drug-likeness (QED) is 0.775. The molecule has 4 heteroatoms. The van der Waals surface area contributed by atoms with Crippen LogP contribution in [0.5, 0.6) is 0 Å². The zero-order valence-corrected chi connectivity index (χ0v) is 12.3. The molecule has 3 aromatic rings. The maximum Gasteiger partial charge on any atom is 0.240 e. The molecule has 0 spiro atoms. The molecule has 0 aliphatic carbocycles. The van der Waals surface area contributed by atoms with Crippen molar-refractivity contribution in [2.24, 2.45) is 5.92 Å². The van der Waals surface area contributed by atoms with Crippen molar-refractivity contribution >= 4 is 10.8 Å². The number of rotatable bonds is 5. The summed E-state index contributed by atoms with van der Waals surface area (Å²) in [5.74, 6) is 1.87. The monoisotopic (exact) mass is 281 g/mol. The van der Waals surface area contributed by atoms with Crippen molar-refractivity contribution in [1.29, 1.82) is 0 Å². The molecular weight excluding hydrogens is 262 g/mol. The van der Waals surface area contributed by atoms with Gasteiger partial charge in [-0.1, -0.05) is 55.4 Å². The van der Waals surface area contributed by atoms with Gasteiger partial charge in [-0.15, -0.1) is 0 Å². The number of hydrogen-bond acceptors (Lipinski definition) is 4. The van der Waals surface area contributed by atoms with Crippen molar-refractivity contribution in [1.82, 2.24) is 15.5 Å². The van der Waals surface area contributed by atoms with E-state index in [0.29, 0.717) is 24.2 Å². The lowest BCUT2D eigenvalue weighted by Crippen LogP contribution is -2.19. The summed E-state index contributed by atoms with van der Waals surface area (Å²) in [6.45, 7) is 5.88. The average Bonchev–Trinajstić information content (AvgIpc) is 2.95. The van der Waals surface area contributed by atoms with E-state index in [1.54, 1.807) is 0 Å². The van der Waals surface area contributed by atoms with Crippen molar-refractivity contribution in [3.8, 4) is 11.4 Å². The Morgan fingerprint density at radius 2 is 1.90 bits per heavy atom. The zero-order chi connectivity index (χ0) is 14.7. The maximum absolute atomic E-state index is 5.29. The molecule has 0 amide bonds. The fourth-order valence-electron chi connectivity index (χ4n) is 2.24. The Morgan fingerprint density at radius 1 is 1.10 bits per heavy atom. The molecule has 0 saturated heterocycles. The van der Waals surface area contributed by atoms with Crippen LogP contribution in [0.15, 0.2) is 47.0 Å². The number of benzene rings is 2. The van der Waals surface area contributed by atoms with Crippen LogP contribution in [0.25, 0.3) is 22.2 Å². The standard InChI is InChI=1S/C17H19N3O/c1-12(2)10-18-11-16-19-17(20-21-16)15-8-7-13-5-3-4-6-14(13)9-15/h3-9,12,18H,10-11H2,1-2H3. The van der Waals surface area contributed by atoms with Gasteiger partial charge in [0.05, 0.1) is 6.54 Å². The smallest absolute Gasteiger partial charge is 0.240 e. The number of hydrogen-bond donors (Lipinski definition) is 1. The molecule has 0 bridgehead atoms. The Hall–Kier alpha value is -2.20. The third-order valence-corrected chi connectivity index (χ3v) is 3.30. The van der Waals surface area contributed by atoms with E-state index in [-0.39, 0.29) is 0 Å². The van der Waals surface area contributed by atoms with Gasteiger partial charge in [-0.2, -0.15) is 4.98 Å². The Kier molecular flexibility index (Phi) is 3.97. The van der Waals surface area contributed by atoms with Gasteiger partial charge >= 0.3 is 0 Å². The molecular formula is C17H19N3O. The van der Waals surface area contributed by atoms with E-state index < -0.39 is 0 Å². The minimum atomic E-state index is 0.605. The summed E-state index contributed by atoms with van der Waals surface area (Å²) < 4.78 is 5.29. The van der Waals surface area contributed by atoms with Gasteiger partial charge in [0.2, 0.25) is 11.7 Å². The first-order valence-corrected chi connectivity index (χ1v) is 7.25. The highest BCUT2D eigenvalue weighted by Gasteiger charge is 2.09. The molecule has 4 nitrogen and oxygen atoms in total. The Bertz CT molecular complexity index is 733. The molecule has 0 fully saturated rings. The minimum absolute atomic E-state index is 0.605. The van der Waals surface area contributed by atoms with E-state index in [1.807, 2.05) is 18.2 Å². The van der Waals surface area contributed by atoms with Crippen LogP contribution < -0.4 is 5.32 Å². The van der Waals surface area contributed by atoms with E-state index in [1.165, 1.54) is 10.8 Å². The SMILES string of the molecule is CC(C)CNCc1nc(-c2ccc3ccccc3c2)no1. The highest BCUT2D eigenvalue weighted by atomic mass is 16.5. The average molecular weight is 281 g/mol. The van der Waals surface area contributed by atoms with E-state index in [9.17, 15) is 0 Å². The van der Waals surface area contributed by atoms with Gasteiger partial charge in [-0.3, -0.25) is 0 Å². The van der Waals surface area contributed by atoms with Crippen LogP contribution in [-0.2, 0) is 6.54 Å². The summed E-state index contributed by atoms with van der Waals surface area (Å²) in [5.41, 5.74) is 0.979.